The van der Waals surface area contributed by atoms with Gasteiger partial charge >= 0.3 is 0 Å². The third kappa shape index (κ3) is 2.68. The Morgan fingerprint density at radius 3 is 2.67 bits per heavy atom. The first kappa shape index (κ1) is 13.0. The molecule has 0 aliphatic rings. The first-order valence-corrected chi connectivity index (χ1v) is 6.02. The zero-order valence-corrected chi connectivity index (χ0v) is 11.2. The van der Waals surface area contributed by atoms with Crippen molar-refractivity contribution in [2.45, 2.75) is 0 Å². The highest BCUT2D eigenvalue weighted by molar-refractivity contribution is 6.36. The molecular weight excluding hydrogens is 293 g/mol. The van der Waals surface area contributed by atoms with E-state index in [-0.39, 0.29) is 5.02 Å². The van der Waals surface area contributed by atoms with Crippen LogP contribution < -0.4 is 5.32 Å². The third-order valence-electron chi connectivity index (χ3n) is 2.19. The zero-order valence-electron chi connectivity index (χ0n) is 8.92. The highest BCUT2D eigenvalue weighted by Crippen LogP contribution is 2.31. The van der Waals surface area contributed by atoms with Gasteiger partial charge in [-0.3, -0.25) is 0 Å². The average molecular weight is 299 g/mol. The van der Waals surface area contributed by atoms with Gasteiger partial charge in [0.15, 0.2) is 5.82 Å². The van der Waals surface area contributed by atoms with Gasteiger partial charge in [-0.2, -0.15) is 5.26 Å². The number of nitriles is 1. The molecule has 3 nitrogen and oxygen atoms in total. The van der Waals surface area contributed by atoms with Gasteiger partial charge in [0.25, 0.3) is 0 Å². The number of benzene rings is 1. The Labute approximate surface area is 119 Å². The minimum absolute atomic E-state index is 0.246. The lowest BCUT2D eigenvalue weighted by Crippen LogP contribution is -1.96. The van der Waals surface area contributed by atoms with Gasteiger partial charge < -0.3 is 5.32 Å². The highest BCUT2D eigenvalue weighted by Gasteiger charge is 2.09. The summed E-state index contributed by atoms with van der Waals surface area (Å²) in [5.41, 5.74) is 0.918. The molecule has 0 radical (unpaired) electrons. The van der Waals surface area contributed by atoms with Gasteiger partial charge in [-0.1, -0.05) is 34.8 Å². The van der Waals surface area contributed by atoms with Crippen LogP contribution in [0.2, 0.25) is 15.1 Å². The number of nitrogens with zero attached hydrogens (tertiary/aromatic N) is 2. The molecule has 1 N–H and O–H groups in total. The van der Waals surface area contributed by atoms with Crippen LogP contribution in [0.1, 0.15) is 5.56 Å². The zero-order chi connectivity index (χ0) is 13.1. The van der Waals surface area contributed by atoms with Crippen LogP contribution in [0.4, 0.5) is 11.5 Å². The van der Waals surface area contributed by atoms with Crippen LogP contribution in [0.15, 0.2) is 30.5 Å². The molecule has 0 aliphatic carbocycles. The molecule has 2 aromatic rings. The van der Waals surface area contributed by atoms with E-state index in [1.54, 1.807) is 18.2 Å². The lowest BCUT2D eigenvalue weighted by molar-refractivity contribution is 1.29. The van der Waals surface area contributed by atoms with Crippen molar-refractivity contribution in [3.05, 3.63) is 51.1 Å². The van der Waals surface area contributed by atoms with Gasteiger partial charge in [-0.15, -0.1) is 0 Å². The van der Waals surface area contributed by atoms with E-state index in [1.807, 2.05) is 6.07 Å². The molecule has 0 saturated carbocycles. The smallest absolute Gasteiger partial charge is 0.150 e. The van der Waals surface area contributed by atoms with E-state index in [4.69, 9.17) is 40.1 Å². The Balaban J connectivity index is 2.41. The lowest BCUT2D eigenvalue weighted by Gasteiger charge is -2.09. The largest absolute Gasteiger partial charge is 0.338 e. The predicted octanol–water partition coefficient (Wildman–Crippen LogP) is 4.66. The van der Waals surface area contributed by atoms with Crippen LogP contribution >= 0.6 is 34.8 Å². The van der Waals surface area contributed by atoms with Gasteiger partial charge in [-0.05, 0) is 24.3 Å². The quantitative estimate of drug-likeness (QED) is 0.877. The number of aromatic nitrogens is 1. The van der Waals surface area contributed by atoms with Crippen LogP contribution in [0.3, 0.4) is 0 Å². The molecule has 1 aromatic heterocycles. The van der Waals surface area contributed by atoms with Gasteiger partial charge in [-0.25, -0.2) is 4.98 Å². The maximum atomic E-state index is 8.87. The van der Waals surface area contributed by atoms with Crippen molar-refractivity contribution in [3.63, 3.8) is 0 Å². The maximum Gasteiger partial charge on any atom is 0.150 e. The summed E-state index contributed by atoms with van der Waals surface area (Å²) < 4.78 is 0. The fourth-order valence-corrected chi connectivity index (χ4v) is 1.88. The number of rotatable bonds is 2. The molecule has 0 fully saturated rings. The van der Waals surface area contributed by atoms with Crippen molar-refractivity contribution in [1.29, 1.82) is 5.26 Å². The molecule has 0 saturated heterocycles. The third-order valence-corrected chi connectivity index (χ3v) is 3.14. The molecule has 0 spiro atoms. The van der Waals surface area contributed by atoms with Crippen LogP contribution in [0.5, 0.6) is 0 Å². The Morgan fingerprint density at radius 2 is 1.94 bits per heavy atom. The molecule has 1 aromatic carbocycles. The van der Waals surface area contributed by atoms with Crippen LogP contribution in [-0.4, -0.2) is 4.98 Å². The molecule has 6 heteroatoms. The van der Waals surface area contributed by atoms with Crippen LogP contribution in [0, 0.1) is 11.3 Å². The van der Waals surface area contributed by atoms with Crippen molar-refractivity contribution < 1.29 is 0 Å². The summed E-state index contributed by atoms with van der Waals surface area (Å²) in [6.07, 6.45) is 1.49. The lowest BCUT2D eigenvalue weighted by atomic mass is 10.2. The number of halogens is 3. The first-order chi connectivity index (χ1) is 8.61. The van der Waals surface area contributed by atoms with E-state index in [0.717, 1.165) is 0 Å². The summed E-state index contributed by atoms with van der Waals surface area (Å²) in [6, 6.07) is 8.50. The van der Waals surface area contributed by atoms with Crippen LogP contribution in [0.25, 0.3) is 0 Å². The van der Waals surface area contributed by atoms with Gasteiger partial charge in [0.1, 0.15) is 11.1 Å². The van der Waals surface area contributed by atoms with Crippen molar-refractivity contribution in [1.82, 2.24) is 4.98 Å². The summed E-state index contributed by atoms with van der Waals surface area (Å²) in [5, 5.41) is 13.1. The molecule has 0 aliphatic heterocycles. The molecule has 1 heterocycles. The van der Waals surface area contributed by atoms with Gasteiger partial charge in [0.2, 0.25) is 0 Å². The fourth-order valence-electron chi connectivity index (χ4n) is 1.34. The Bertz CT molecular complexity index is 635. The Kier molecular flexibility index (Phi) is 3.93. The second-order valence-electron chi connectivity index (χ2n) is 3.38. The van der Waals surface area contributed by atoms with E-state index >= 15 is 0 Å². The monoisotopic (exact) mass is 297 g/mol. The molecule has 0 amide bonds. The molecule has 0 unspecified atom stereocenters. The summed E-state index contributed by atoms with van der Waals surface area (Å²) >= 11 is 17.9. The summed E-state index contributed by atoms with van der Waals surface area (Å²) in [4.78, 5) is 4.06. The van der Waals surface area contributed by atoms with Crippen molar-refractivity contribution >= 4 is 46.3 Å². The van der Waals surface area contributed by atoms with Crippen LogP contribution in [-0.2, 0) is 0 Å². The molecule has 2 rings (SSSR count). The van der Waals surface area contributed by atoms with Gasteiger partial charge in [0.05, 0.1) is 16.3 Å². The van der Waals surface area contributed by atoms with E-state index in [2.05, 4.69) is 10.3 Å². The topological polar surface area (TPSA) is 48.7 Å². The molecule has 0 atom stereocenters. The van der Waals surface area contributed by atoms with Crippen molar-refractivity contribution in [3.8, 4) is 6.07 Å². The van der Waals surface area contributed by atoms with E-state index in [9.17, 15) is 0 Å². The number of anilines is 2. The van der Waals surface area contributed by atoms with Crippen molar-refractivity contribution in [2.24, 2.45) is 0 Å². The first-order valence-electron chi connectivity index (χ1n) is 4.88. The molecule has 0 bridgehead atoms. The molecule has 18 heavy (non-hydrogen) atoms. The summed E-state index contributed by atoms with van der Waals surface area (Å²) in [5.74, 6) is 0.361. The Morgan fingerprint density at radius 1 is 1.17 bits per heavy atom. The normalized spacial score (nSPS) is 9.89. The number of nitrogens with one attached hydrogen (secondary N) is 1. The number of hydrogen-bond donors (Lipinski definition) is 1. The highest BCUT2D eigenvalue weighted by atomic mass is 35.5. The minimum atomic E-state index is 0.246. The maximum absolute atomic E-state index is 8.87. The minimum Gasteiger partial charge on any atom is -0.338 e. The fraction of sp³-hybridized carbons (Fsp3) is 0. The second kappa shape index (κ2) is 5.45. The number of pyridine rings is 1. The molecular formula is C12H6Cl3N3. The standard InChI is InChI=1S/C12H6Cl3N3/c13-8-1-2-9(14)10(5-8)18-12-11(15)7(6-16)3-4-17-12/h1-5H,(H,17,18). The summed E-state index contributed by atoms with van der Waals surface area (Å²) in [7, 11) is 0. The average Bonchev–Trinajstić information content (AvgIpc) is 2.36. The number of hydrogen-bond acceptors (Lipinski definition) is 3. The molecule has 90 valence electrons. The second-order valence-corrected chi connectivity index (χ2v) is 4.60. The van der Waals surface area contributed by atoms with E-state index in [1.165, 1.54) is 12.3 Å². The SMILES string of the molecule is N#Cc1ccnc(Nc2cc(Cl)ccc2Cl)c1Cl. The van der Waals surface area contributed by atoms with E-state index in [0.29, 0.717) is 27.1 Å². The predicted molar refractivity (Wildman–Crippen MR) is 73.7 cm³/mol. The summed E-state index contributed by atoms with van der Waals surface area (Å²) in [6.45, 7) is 0. The Hall–Kier alpha value is -1.47. The van der Waals surface area contributed by atoms with Gasteiger partial charge in [0, 0.05) is 11.2 Å². The van der Waals surface area contributed by atoms with Crippen molar-refractivity contribution in [2.75, 3.05) is 5.32 Å². The van der Waals surface area contributed by atoms with E-state index < -0.39 is 0 Å².